The second kappa shape index (κ2) is 7.33. The van der Waals surface area contributed by atoms with Gasteiger partial charge in [0.25, 0.3) is 0 Å². The second-order valence-electron chi connectivity index (χ2n) is 4.82. The molecule has 2 heteroatoms. The van der Waals surface area contributed by atoms with Crippen LogP contribution in [0.5, 0.6) is 5.75 Å². The lowest BCUT2D eigenvalue weighted by Crippen LogP contribution is -2.29. The summed E-state index contributed by atoms with van der Waals surface area (Å²) >= 11 is 0. The fourth-order valence-corrected chi connectivity index (χ4v) is 2.03. The number of aryl methyl sites for hydroxylation is 2. The summed E-state index contributed by atoms with van der Waals surface area (Å²) in [5, 5.41) is 3.46. The van der Waals surface area contributed by atoms with Gasteiger partial charge in [-0.15, -0.1) is 0 Å². The summed E-state index contributed by atoms with van der Waals surface area (Å²) in [6, 6.07) is 6.92. The molecule has 2 nitrogen and oxygen atoms in total. The second-order valence-corrected chi connectivity index (χ2v) is 4.82. The van der Waals surface area contributed by atoms with Gasteiger partial charge in [-0.25, -0.2) is 0 Å². The van der Waals surface area contributed by atoms with E-state index < -0.39 is 0 Å². The maximum Gasteiger partial charge on any atom is 0.119 e. The molecule has 0 fully saturated rings. The average Bonchev–Trinajstić information content (AvgIpc) is 2.23. The van der Waals surface area contributed by atoms with Crippen LogP contribution in [-0.2, 0) is 0 Å². The molecule has 96 valence electrons. The standard InChI is InChI=1S/C15H25NO/c1-5-6-14(4)16-7-8-17-15-10-12(2)9-13(3)11-15/h9-11,14,16H,5-8H2,1-4H3. The highest BCUT2D eigenvalue weighted by Crippen LogP contribution is 2.15. The lowest BCUT2D eigenvalue weighted by molar-refractivity contribution is 0.304. The molecule has 0 heterocycles. The van der Waals surface area contributed by atoms with Gasteiger partial charge in [-0.1, -0.05) is 19.4 Å². The molecule has 0 aromatic heterocycles. The van der Waals surface area contributed by atoms with Gasteiger partial charge in [0.05, 0.1) is 0 Å². The zero-order valence-electron chi connectivity index (χ0n) is 11.5. The van der Waals surface area contributed by atoms with Gasteiger partial charge in [0.2, 0.25) is 0 Å². The molecule has 0 radical (unpaired) electrons. The van der Waals surface area contributed by atoms with E-state index in [0.717, 1.165) is 18.9 Å². The molecule has 1 rings (SSSR count). The van der Waals surface area contributed by atoms with E-state index in [1.54, 1.807) is 0 Å². The van der Waals surface area contributed by atoms with Crippen LogP contribution in [0, 0.1) is 13.8 Å². The Hall–Kier alpha value is -1.02. The van der Waals surface area contributed by atoms with Crippen molar-refractivity contribution in [2.75, 3.05) is 13.2 Å². The number of nitrogens with one attached hydrogen (secondary N) is 1. The molecule has 0 saturated carbocycles. The molecule has 17 heavy (non-hydrogen) atoms. The third-order valence-electron chi connectivity index (χ3n) is 2.78. The zero-order chi connectivity index (χ0) is 12.7. The summed E-state index contributed by atoms with van der Waals surface area (Å²) in [6.07, 6.45) is 2.45. The molecule has 0 aliphatic carbocycles. The number of hydrogen-bond acceptors (Lipinski definition) is 2. The smallest absolute Gasteiger partial charge is 0.119 e. The van der Waals surface area contributed by atoms with E-state index in [1.807, 2.05) is 0 Å². The van der Waals surface area contributed by atoms with E-state index in [9.17, 15) is 0 Å². The van der Waals surface area contributed by atoms with Crippen molar-refractivity contribution in [1.82, 2.24) is 5.32 Å². The van der Waals surface area contributed by atoms with E-state index in [2.05, 4.69) is 51.2 Å². The minimum Gasteiger partial charge on any atom is -0.492 e. The summed E-state index contributed by atoms with van der Waals surface area (Å²) in [5.74, 6) is 0.979. The van der Waals surface area contributed by atoms with E-state index in [0.29, 0.717) is 6.04 Å². The van der Waals surface area contributed by atoms with Crippen LogP contribution >= 0.6 is 0 Å². The molecule has 0 bridgehead atoms. The molecule has 1 atom stereocenters. The first kappa shape index (κ1) is 14.0. The van der Waals surface area contributed by atoms with Crippen LogP contribution in [0.1, 0.15) is 37.8 Å². The van der Waals surface area contributed by atoms with Crippen LogP contribution in [-0.4, -0.2) is 19.2 Å². The van der Waals surface area contributed by atoms with Gasteiger partial charge >= 0.3 is 0 Å². The molecular weight excluding hydrogens is 210 g/mol. The summed E-state index contributed by atoms with van der Waals surface area (Å²) in [6.45, 7) is 10.3. The van der Waals surface area contributed by atoms with Crippen LogP contribution in [0.4, 0.5) is 0 Å². The van der Waals surface area contributed by atoms with Gasteiger partial charge in [-0.2, -0.15) is 0 Å². The van der Waals surface area contributed by atoms with Crippen LogP contribution in [0.15, 0.2) is 18.2 Å². The lowest BCUT2D eigenvalue weighted by atomic mass is 10.1. The molecule has 1 aromatic carbocycles. The van der Waals surface area contributed by atoms with Gasteiger partial charge in [-0.3, -0.25) is 0 Å². The van der Waals surface area contributed by atoms with Crippen molar-refractivity contribution >= 4 is 0 Å². The Kier molecular flexibility index (Phi) is 6.06. The summed E-state index contributed by atoms with van der Waals surface area (Å²) in [4.78, 5) is 0. The molecule has 1 unspecified atom stereocenters. The minimum atomic E-state index is 0.586. The highest BCUT2D eigenvalue weighted by atomic mass is 16.5. The van der Waals surface area contributed by atoms with E-state index in [-0.39, 0.29) is 0 Å². The topological polar surface area (TPSA) is 21.3 Å². The van der Waals surface area contributed by atoms with Crippen LogP contribution in [0.3, 0.4) is 0 Å². The molecule has 0 spiro atoms. The van der Waals surface area contributed by atoms with Crippen LogP contribution < -0.4 is 10.1 Å². The molecule has 1 N–H and O–H groups in total. The Morgan fingerprint density at radius 1 is 1.18 bits per heavy atom. The fraction of sp³-hybridized carbons (Fsp3) is 0.600. The van der Waals surface area contributed by atoms with Crippen molar-refractivity contribution in [3.05, 3.63) is 29.3 Å². The number of ether oxygens (including phenoxy) is 1. The van der Waals surface area contributed by atoms with Crippen LogP contribution in [0.25, 0.3) is 0 Å². The van der Waals surface area contributed by atoms with E-state index in [1.165, 1.54) is 24.0 Å². The molecule has 0 saturated heterocycles. The third kappa shape index (κ3) is 5.73. The van der Waals surface area contributed by atoms with Crippen molar-refractivity contribution in [2.45, 2.75) is 46.6 Å². The van der Waals surface area contributed by atoms with Gasteiger partial charge in [0.15, 0.2) is 0 Å². The Morgan fingerprint density at radius 2 is 1.82 bits per heavy atom. The Balaban J connectivity index is 2.26. The molecule has 0 aliphatic rings. The van der Waals surface area contributed by atoms with Gasteiger partial charge < -0.3 is 10.1 Å². The Morgan fingerprint density at radius 3 is 2.41 bits per heavy atom. The van der Waals surface area contributed by atoms with Gasteiger partial charge in [0, 0.05) is 12.6 Å². The predicted octanol–water partition coefficient (Wildman–Crippen LogP) is 3.46. The van der Waals surface area contributed by atoms with Crippen LogP contribution in [0.2, 0.25) is 0 Å². The maximum absolute atomic E-state index is 5.73. The molecular formula is C15H25NO. The first-order chi connectivity index (χ1) is 8.11. The van der Waals surface area contributed by atoms with Crippen molar-refractivity contribution < 1.29 is 4.74 Å². The average molecular weight is 235 g/mol. The Labute approximate surface area is 105 Å². The maximum atomic E-state index is 5.73. The summed E-state index contributed by atoms with van der Waals surface area (Å²) < 4.78 is 5.73. The number of rotatable bonds is 7. The van der Waals surface area contributed by atoms with Crippen molar-refractivity contribution in [3.8, 4) is 5.75 Å². The molecule has 0 amide bonds. The SMILES string of the molecule is CCCC(C)NCCOc1cc(C)cc(C)c1. The predicted molar refractivity (Wildman–Crippen MR) is 73.8 cm³/mol. The third-order valence-corrected chi connectivity index (χ3v) is 2.78. The van der Waals surface area contributed by atoms with E-state index >= 15 is 0 Å². The number of hydrogen-bond donors (Lipinski definition) is 1. The van der Waals surface area contributed by atoms with Gasteiger partial charge in [0.1, 0.15) is 12.4 Å². The van der Waals surface area contributed by atoms with Crippen molar-refractivity contribution in [3.63, 3.8) is 0 Å². The lowest BCUT2D eigenvalue weighted by Gasteiger charge is -2.13. The Bertz CT molecular complexity index is 315. The molecule has 0 aliphatic heterocycles. The minimum absolute atomic E-state index is 0.586. The summed E-state index contributed by atoms with van der Waals surface area (Å²) in [7, 11) is 0. The zero-order valence-corrected chi connectivity index (χ0v) is 11.5. The number of benzene rings is 1. The quantitative estimate of drug-likeness (QED) is 0.731. The monoisotopic (exact) mass is 235 g/mol. The van der Waals surface area contributed by atoms with Gasteiger partial charge in [-0.05, 0) is 50.5 Å². The molecule has 1 aromatic rings. The normalized spacial score (nSPS) is 12.5. The first-order valence-corrected chi connectivity index (χ1v) is 6.56. The van der Waals surface area contributed by atoms with Crippen molar-refractivity contribution in [2.24, 2.45) is 0 Å². The summed E-state index contributed by atoms with van der Waals surface area (Å²) in [5.41, 5.74) is 2.51. The highest BCUT2D eigenvalue weighted by molar-refractivity contribution is 5.32. The highest BCUT2D eigenvalue weighted by Gasteiger charge is 2.00. The largest absolute Gasteiger partial charge is 0.492 e. The van der Waals surface area contributed by atoms with E-state index in [4.69, 9.17) is 4.74 Å². The first-order valence-electron chi connectivity index (χ1n) is 6.56. The fourth-order valence-electron chi connectivity index (χ4n) is 2.03. The van der Waals surface area contributed by atoms with Crippen molar-refractivity contribution in [1.29, 1.82) is 0 Å².